The molecule has 1 aromatic heterocycles. The van der Waals surface area contributed by atoms with Crippen molar-refractivity contribution in [3.05, 3.63) is 21.7 Å². The number of methoxy groups -OCH3 is 1. The molecule has 1 N–H and O–H groups in total. The number of carbonyl (C=O) groups excluding carboxylic acids is 1. The molecule has 0 bridgehead atoms. The first-order valence-electron chi connectivity index (χ1n) is 7.28. The summed E-state index contributed by atoms with van der Waals surface area (Å²) >= 11 is 5.17. The summed E-state index contributed by atoms with van der Waals surface area (Å²) in [5.74, 6) is 0.429. The van der Waals surface area contributed by atoms with E-state index >= 15 is 0 Å². The molecule has 0 aliphatic rings. The number of carbonyl (C=O) groups is 1. The highest BCUT2D eigenvalue weighted by Gasteiger charge is 2.13. The molecule has 4 nitrogen and oxygen atoms in total. The van der Waals surface area contributed by atoms with Crippen molar-refractivity contribution in [1.82, 2.24) is 9.97 Å². The highest BCUT2D eigenvalue weighted by molar-refractivity contribution is 7.71. The fraction of sp³-hybridized carbons (Fsp3) is 0.667. The van der Waals surface area contributed by atoms with E-state index in [1.807, 2.05) is 6.92 Å². The zero-order chi connectivity index (χ0) is 15.0. The predicted octanol–water partition coefficient (Wildman–Crippen LogP) is 4.14. The van der Waals surface area contributed by atoms with E-state index < -0.39 is 5.97 Å². The molecule has 1 rings (SSSR count). The second-order valence-electron chi connectivity index (χ2n) is 5.00. The van der Waals surface area contributed by atoms with E-state index in [1.54, 1.807) is 0 Å². The van der Waals surface area contributed by atoms with Crippen LogP contribution in [0.4, 0.5) is 0 Å². The minimum Gasteiger partial charge on any atom is -0.465 e. The lowest BCUT2D eigenvalue weighted by atomic mass is 10.1. The average Bonchev–Trinajstić information content (AvgIpc) is 2.41. The van der Waals surface area contributed by atoms with Crippen LogP contribution < -0.4 is 0 Å². The first-order chi connectivity index (χ1) is 9.60. The molecule has 1 heterocycles. The van der Waals surface area contributed by atoms with Crippen molar-refractivity contribution in [2.75, 3.05) is 7.11 Å². The fourth-order valence-corrected chi connectivity index (χ4v) is 2.53. The molecule has 0 aliphatic heterocycles. The number of hydrogen-bond acceptors (Lipinski definition) is 4. The molecule has 0 amide bonds. The van der Waals surface area contributed by atoms with Gasteiger partial charge in [-0.15, -0.1) is 0 Å². The van der Waals surface area contributed by atoms with Gasteiger partial charge in [0.2, 0.25) is 0 Å². The Balaban J connectivity index is 2.57. The number of H-pyrrole nitrogens is 1. The van der Waals surface area contributed by atoms with Gasteiger partial charge in [-0.05, 0) is 13.3 Å². The average molecular weight is 296 g/mol. The molecule has 112 valence electrons. The molecule has 5 heteroatoms. The van der Waals surface area contributed by atoms with E-state index in [0.29, 0.717) is 10.2 Å². The van der Waals surface area contributed by atoms with Gasteiger partial charge in [0, 0.05) is 12.1 Å². The standard InChI is InChI=1S/C15H24N2O2S/c1-4-5-6-7-8-9-10-12-16-11(2)13(14(20)17-12)15(18)19-3/h4-10H2,1-3H3,(H,16,17,20). The van der Waals surface area contributed by atoms with Gasteiger partial charge in [-0.2, -0.15) is 0 Å². The molecule has 0 saturated carbocycles. The monoisotopic (exact) mass is 296 g/mol. The third-order valence-electron chi connectivity index (χ3n) is 3.31. The zero-order valence-electron chi connectivity index (χ0n) is 12.6. The van der Waals surface area contributed by atoms with E-state index in [0.717, 1.165) is 24.4 Å². The van der Waals surface area contributed by atoms with Crippen molar-refractivity contribution in [1.29, 1.82) is 0 Å². The van der Waals surface area contributed by atoms with Crippen LogP contribution in [0.2, 0.25) is 0 Å². The van der Waals surface area contributed by atoms with E-state index in [4.69, 9.17) is 17.0 Å². The number of unbranched alkanes of at least 4 members (excludes halogenated alkanes) is 5. The molecule has 0 aromatic carbocycles. The second kappa shape index (κ2) is 8.84. The van der Waals surface area contributed by atoms with Crippen LogP contribution >= 0.6 is 12.2 Å². The summed E-state index contributed by atoms with van der Waals surface area (Å²) in [5, 5.41) is 0. The Labute approximate surface area is 126 Å². The summed E-state index contributed by atoms with van der Waals surface area (Å²) in [5.41, 5.74) is 1.10. The molecule has 0 radical (unpaired) electrons. The predicted molar refractivity (Wildman–Crippen MR) is 82.6 cm³/mol. The molecule has 1 aromatic rings. The topological polar surface area (TPSA) is 55.0 Å². The minimum absolute atomic E-state index is 0.328. The molecular formula is C15H24N2O2S. The number of aromatic nitrogens is 2. The Kier molecular flexibility index (Phi) is 7.44. The van der Waals surface area contributed by atoms with Crippen LogP contribution in [0.5, 0.6) is 0 Å². The van der Waals surface area contributed by atoms with Crippen LogP contribution in [0, 0.1) is 11.6 Å². The van der Waals surface area contributed by atoms with E-state index in [1.165, 1.54) is 39.2 Å². The van der Waals surface area contributed by atoms with Gasteiger partial charge in [-0.1, -0.05) is 51.2 Å². The van der Waals surface area contributed by atoms with Crippen molar-refractivity contribution >= 4 is 18.2 Å². The fourth-order valence-electron chi connectivity index (χ4n) is 2.18. The quantitative estimate of drug-likeness (QED) is 0.445. The number of nitrogens with one attached hydrogen (secondary N) is 1. The molecule has 0 unspecified atom stereocenters. The smallest absolute Gasteiger partial charge is 0.342 e. The maximum absolute atomic E-state index is 11.6. The van der Waals surface area contributed by atoms with Crippen LogP contribution in [0.1, 0.15) is 67.3 Å². The van der Waals surface area contributed by atoms with Gasteiger partial charge >= 0.3 is 5.97 Å². The van der Waals surface area contributed by atoms with Gasteiger partial charge < -0.3 is 9.72 Å². The number of aromatic amines is 1. The van der Waals surface area contributed by atoms with Crippen molar-refractivity contribution in [3.8, 4) is 0 Å². The van der Waals surface area contributed by atoms with Crippen molar-refractivity contribution in [2.24, 2.45) is 0 Å². The molecule has 0 spiro atoms. The van der Waals surface area contributed by atoms with Crippen LogP contribution in [-0.4, -0.2) is 23.0 Å². The lowest BCUT2D eigenvalue weighted by Gasteiger charge is -2.07. The van der Waals surface area contributed by atoms with Crippen LogP contribution in [0.25, 0.3) is 0 Å². The summed E-state index contributed by atoms with van der Waals surface area (Å²) in [6, 6.07) is 0. The SMILES string of the molecule is CCCCCCCCc1nc(=S)c(C(=O)OC)c(C)[nH]1. The zero-order valence-corrected chi connectivity index (χ0v) is 13.4. The van der Waals surface area contributed by atoms with Gasteiger partial charge in [0.25, 0.3) is 0 Å². The van der Waals surface area contributed by atoms with Gasteiger partial charge in [0.05, 0.1) is 7.11 Å². The maximum atomic E-state index is 11.6. The lowest BCUT2D eigenvalue weighted by Crippen LogP contribution is -2.10. The highest BCUT2D eigenvalue weighted by atomic mass is 32.1. The summed E-state index contributed by atoms with van der Waals surface area (Å²) in [6.07, 6.45) is 8.33. The molecule has 20 heavy (non-hydrogen) atoms. The summed E-state index contributed by atoms with van der Waals surface area (Å²) in [4.78, 5) is 19.0. The largest absolute Gasteiger partial charge is 0.465 e. The number of aryl methyl sites for hydroxylation is 2. The Morgan fingerprint density at radius 3 is 2.50 bits per heavy atom. The second-order valence-corrected chi connectivity index (χ2v) is 5.38. The normalized spacial score (nSPS) is 10.6. The highest BCUT2D eigenvalue weighted by Crippen LogP contribution is 2.11. The molecule has 0 atom stereocenters. The van der Waals surface area contributed by atoms with Crippen molar-refractivity contribution in [3.63, 3.8) is 0 Å². The third kappa shape index (κ3) is 5.04. The molecule has 0 fully saturated rings. The molecule has 0 aliphatic carbocycles. The Hall–Kier alpha value is -1.23. The van der Waals surface area contributed by atoms with Gasteiger partial charge in [-0.3, -0.25) is 0 Å². The molecule has 0 saturated heterocycles. The number of nitrogens with zero attached hydrogens (tertiary/aromatic N) is 1. The van der Waals surface area contributed by atoms with Crippen LogP contribution in [0.15, 0.2) is 0 Å². The van der Waals surface area contributed by atoms with E-state index in [-0.39, 0.29) is 0 Å². The number of ether oxygens (including phenoxy) is 1. The van der Waals surface area contributed by atoms with E-state index in [2.05, 4.69) is 16.9 Å². The summed E-state index contributed by atoms with van der Waals surface area (Å²) < 4.78 is 5.04. The number of hydrogen-bond donors (Lipinski definition) is 1. The minimum atomic E-state index is -0.428. The number of rotatable bonds is 8. The Morgan fingerprint density at radius 1 is 1.25 bits per heavy atom. The van der Waals surface area contributed by atoms with Gasteiger partial charge in [-0.25, -0.2) is 9.78 Å². The van der Waals surface area contributed by atoms with E-state index in [9.17, 15) is 4.79 Å². The van der Waals surface area contributed by atoms with Crippen molar-refractivity contribution in [2.45, 2.75) is 58.8 Å². The first-order valence-corrected chi connectivity index (χ1v) is 7.69. The third-order valence-corrected chi connectivity index (χ3v) is 3.61. The van der Waals surface area contributed by atoms with Crippen LogP contribution in [-0.2, 0) is 11.2 Å². The van der Waals surface area contributed by atoms with Crippen LogP contribution in [0.3, 0.4) is 0 Å². The summed E-state index contributed by atoms with van der Waals surface area (Å²) in [7, 11) is 1.35. The molecular weight excluding hydrogens is 272 g/mol. The Morgan fingerprint density at radius 2 is 1.90 bits per heavy atom. The van der Waals surface area contributed by atoms with Gasteiger partial charge in [0.1, 0.15) is 16.0 Å². The van der Waals surface area contributed by atoms with Gasteiger partial charge in [0.15, 0.2) is 0 Å². The maximum Gasteiger partial charge on any atom is 0.342 e. The van der Waals surface area contributed by atoms with Crippen molar-refractivity contribution < 1.29 is 9.53 Å². The summed E-state index contributed by atoms with van der Waals surface area (Å²) in [6.45, 7) is 4.05. The number of esters is 1. The first kappa shape index (κ1) is 16.8. The lowest BCUT2D eigenvalue weighted by molar-refractivity contribution is 0.0598. The Bertz CT molecular complexity index is 497.